The van der Waals surface area contributed by atoms with E-state index in [1.165, 1.54) is 0 Å². The first-order valence-electron chi connectivity index (χ1n) is 4.70. The van der Waals surface area contributed by atoms with Gasteiger partial charge in [0.15, 0.2) is 0 Å². The van der Waals surface area contributed by atoms with E-state index in [1.807, 2.05) is 0 Å². The van der Waals surface area contributed by atoms with Gasteiger partial charge in [-0.05, 0) is 12.0 Å². The van der Waals surface area contributed by atoms with Crippen LogP contribution in [0, 0.1) is 0 Å². The van der Waals surface area contributed by atoms with Crippen LogP contribution in [0.4, 0.5) is 0 Å². The molecule has 1 aromatic carbocycles. The Labute approximate surface area is 92.9 Å². The van der Waals surface area contributed by atoms with E-state index in [9.17, 15) is 9.36 Å². The van der Waals surface area contributed by atoms with Crippen molar-refractivity contribution in [2.75, 3.05) is 0 Å². The van der Waals surface area contributed by atoms with Gasteiger partial charge in [-0.1, -0.05) is 30.3 Å². The Morgan fingerprint density at radius 1 is 1.25 bits per heavy atom. The highest BCUT2D eigenvalue weighted by Crippen LogP contribution is 2.44. The summed E-state index contributed by atoms with van der Waals surface area (Å²) in [7, 11) is -4.38. The fourth-order valence-electron chi connectivity index (χ4n) is 1.40. The van der Waals surface area contributed by atoms with Crippen LogP contribution in [0.3, 0.4) is 0 Å². The smallest absolute Gasteiger partial charge is 0.329 e. The summed E-state index contributed by atoms with van der Waals surface area (Å²) >= 11 is 0. The molecular weight excluding hydrogens is 231 g/mol. The molecule has 16 heavy (non-hydrogen) atoms. The molecule has 0 spiro atoms. The Morgan fingerprint density at radius 2 is 1.81 bits per heavy atom. The van der Waals surface area contributed by atoms with Gasteiger partial charge in [-0.15, -0.1) is 0 Å². The summed E-state index contributed by atoms with van der Waals surface area (Å²) in [6, 6.07) is 8.70. The van der Waals surface area contributed by atoms with Gasteiger partial charge in [0.1, 0.15) is 0 Å². The molecular formula is C10H13O5P. The molecule has 0 radical (unpaired) electrons. The zero-order chi connectivity index (χ0) is 12.2. The fraction of sp³-hybridized carbons (Fsp3) is 0.300. The van der Waals surface area contributed by atoms with E-state index < -0.39 is 25.6 Å². The molecule has 0 bridgehead atoms. The third-order valence-corrected chi connectivity index (χ3v) is 3.52. The number of hydrogen-bond donors (Lipinski definition) is 3. The maximum Gasteiger partial charge on any atom is 0.329 e. The SMILES string of the molecule is O=C(O)CC(Cc1ccccc1)P(=O)(O)O. The van der Waals surface area contributed by atoms with Crippen molar-refractivity contribution >= 4 is 13.6 Å². The van der Waals surface area contributed by atoms with Gasteiger partial charge in [-0.2, -0.15) is 0 Å². The minimum atomic E-state index is -4.38. The average molecular weight is 244 g/mol. The molecule has 6 heteroatoms. The van der Waals surface area contributed by atoms with E-state index in [4.69, 9.17) is 14.9 Å². The Balaban J connectivity index is 2.80. The molecule has 0 aliphatic rings. The highest BCUT2D eigenvalue weighted by molar-refractivity contribution is 7.52. The minimum Gasteiger partial charge on any atom is -0.481 e. The summed E-state index contributed by atoms with van der Waals surface area (Å²) in [5.41, 5.74) is -0.440. The predicted octanol–water partition coefficient (Wildman–Crippen LogP) is 1.25. The van der Waals surface area contributed by atoms with Gasteiger partial charge in [0.2, 0.25) is 0 Å². The van der Waals surface area contributed by atoms with E-state index in [-0.39, 0.29) is 6.42 Å². The van der Waals surface area contributed by atoms with E-state index in [0.717, 1.165) is 5.56 Å². The maximum atomic E-state index is 11.1. The first-order valence-corrected chi connectivity index (χ1v) is 6.38. The van der Waals surface area contributed by atoms with E-state index >= 15 is 0 Å². The zero-order valence-electron chi connectivity index (χ0n) is 8.48. The lowest BCUT2D eigenvalue weighted by atomic mass is 10.1. The third kappa shape index (κ3) is 4.14. The van der Waals surface area contributed by atoms with Crippen LogP contribution < -0.4 is 0 Å². The minimum absolute atomic E-state index is 0.0669. The molecule has 0 aromatic heterocycles. The van der Waals surface area contributed by atoms with Crippen molar-refractivity contribution in [3.63, 3.8) is 0 Å². The van der Waals surface area contributed by atoms with Crippen LogP contribution in [-0.4, -0.2) is 26.5 Å². The first kappa shape index (κ1) is 12.9. The van der Waals surface area contributed by atoms with Crippen LogP contribution in [0.2, 0.25) is 0 Å². The Kier molecular flexibility index (Phi) is 4.24. The quantitative estimate of drug-likeness (QED) is 0.677. The van der Waals surface area contributed by atoms with Gasteiger partial charge >= 0.3 is 13.6 Å². The van der Waals surface area contributed by atoms with Crippen molar-refractivity contribution in [1.29, 1.82) is 0 Å². The Morgan fingerprint density at radius 3 is 2.25 bits per heavy atom. The van der Waals surface area contributed by atoms with E-state index in [0.29, 0.717) is 0 Å². The number of carboxylic acids is 1. The summed E-state index contributed by atoms with van der Waals surface area (Å²) in [5, 5.41) is 8.58. The van der Waals surface area contributed by atoms with Gasteiger partial charge in [0.05, 0.1) is 12.1 Å². The van der Waals surface area contributed by atoms with Crippen molar-refractivity contribution in [3.05, 3.63) is 35.9 Å². The van der Waals surface area contributed by atoms with Crippen molar-refractivity contribution in [2.45, 2.75) is 18.5 Å². The number of carbonyl (C=O) groups is 1. The Hall–Kier alpha value is -1.16. The lowest BCUT2D eigenvalue weighted by molar-refractivity contribution is -0.137. The highest BCUT2D eigenvalue weighted by atomic mass is 31.2. The van der Waals surface area contributed by atoms with Crippen LogP contribution in [0.15, 0.2) is 30.3 Å². The first-order chi connectivity index (χ1) is 7.39. The number of carboxylic acid groups (broad SMARTS) is 1. The van der Waals surface area contributed by atoms with Gasteiger partial charge in [0.25, 0.3) is 0 Å². The summed E-state index contributed by atoms with van der Waals surface area (Å²) in [4.78, 5) is 28.6. The normalized spacial score (nSPS) is 13.4. The molecule has 1 aromatic rings. The van der Waals surface area contributed by atoms with Crippen LogP contribution in [-0.2, 0) is 15.8 Å². The monoisotopic (exact) mass is 244 g/mol. The number of rotatable bonds is 5. The summed E-state index contributed by atoms with van der Waals surface area (Å²) < 4.78 is 11.1. The van der Waals surface area contributed by atoms with E-state index in [2.05, 4.69) is 0 Å². The predicted molar refractivity (Wildman–Crippen MR) is 58.2 cm³/mol. The summed E-state index contributed by atoms with van der Waals surface area (Å²) in [6.07, 6.45) is -0.462. The lowest BCUT2D eigenvalue weighted by Gasteiger charge is -2.16. The molecule has 0 aliphatic carbocycles. The molecule has 88 valence electrons. The van der Waals surface area contributed by atoms with Crippen molar-refractivity contribution in [3.8, 4) is 0 Å². The number of hydrogen-bond acceptors (Lipinski definition) is 2. The zero-order valence-corrected chi connectivity index (χ0v) is 9.38. The molecule has 0 fully saturated rings. The molecule has 1 unspecified atom stereocenters. The third-order valence-electron chi connectivity index (χ3n) is 2.20. The van der Waals surface area contributed by atoms with Crippen LogP contribution in [0.5, 0.6) is 0 Å². The summed E-state index contributed by atoms with van der Waals surface area (Å²) in [5.74, 6) is -1.20. The number of benzene rings is 1. The van der Waals surface area contributed by atoms with E-state index in [1.54, 1.807) is 30.3 Å². The number of aliphatic carboxylic acids is 1. The second kappa shape index (κ2) is 5.25. The van der Waals surface area contributed by atoms with Crippen molar-refractivity contribution in [1.82, 2.24) is 0 Å². The van der Waals surface area contributed by atoms with Gasteiger partial charge < -0.3 is 14.9 Å². The van der Waals surface area contributed by atoms with Crippen LogP contribution in [0.25, 0.3) is 0 Å². The molecule has 1 rings (SSSR count). The molecule has 0 heterocycles. The molecule has 5 nitrogen and oxygen atoms in total. The molecule has 0 amide bonds. The van der Waals surface area contributed by atoms with Gasteiger partial charge in [-0.25, -0.2) is 0 Å². The highest BCUT2D eigenvalue weighted by Gasteiger charge is 2.30. The van der Waals surface area contributed by atoms with Gasteiger partial charge in [0, 0.05) is 0 Å². The average Bonchev–Trinajstić information content (AvgIpc) is 2.16. The maximum absolute atomic E-state index is 11.1. The fourth-order valence-corrected chi connectivity index (χ4v) is 2.24. The molecule has 3 N–H and O–H groups in total. The van der Waals surface area contributed by atoms with Gasteiger partial charge in [-0.3, -0.25) is 9.36 Å². The van der Waals surface area contributed by atoms with Crippen molar-refractivity contribution in [2.24, 2.45) is 0 Å². The second-order valence-electron chi connectivity index (χ2n) is 3.53. The Bertz CT molecular complexity index is 397. The second-order valence-corrected chi connectivity index (χ2v) is 5.44. The molecule has 0 aliphatic heterocycles. The molecule has 0 saturated heterocycles. The standard InChI is InChI=1S/C10H13O5P/c11-10(12)7-9(16(13,14)15)6-8-4-2-1-3-5-8/h1-5,9H,6-7H2,(H,11,12)(H2,13,14,15). The molecule has 1 atom stereocenters. The summed E-state index contributed by atoms with van der Waals surface area (Å²) in [6.45, 7) is 0. The largest absolute Gasteiger partial charge is 0.481 e. The lowest BCUT2D eigenvalue weighted by Crippen LogP contribution is -2.17. The molecule has 0 saturated carbocycles. The van der Waals surface area contributed by atoms with Crippen LogP contribution in [0.1, 0.15) is 12.0 Å². The van der Waals surface area contributed by atoms with Crippen LogP contribution >= 0.6 is 7.60 Å². The topological polar surface area (TPSA) is 94.8 Å². The van der Waals surface area contributed by atoms with Crippen molar-refractivity contribution < 1.29 is 24.3 Å².